The molecule has 3 N–H and O–H groups in total. The summed E-state index contributed by atoms with van der Waals surface area (Å²) in [6.45, 7) is 0. The van der Waals surface area contributed by atoms with E-state index in [0.29, 0.717) is 6.42 Å². The summed E-state index contributed by atoms with van der Waals surface area (Å²) in [5.41, 5.74) is 5.19. The lowest BCUT2D eigenvalue weighted by Crippen LogP contribution is -2.30. The van der Waals surface area contributed by atoms with Gasteiger partial charge in [-0.2, -0.15) is 11.8 Å². The van der Waals surface area contributed by atoms with Crippen LogP contribution < -0.4 is 5.73 Å². The van der Waals surface area contributed by atoms with Crippen LogP contribution in [-0.4, -0.2) is 46.5 Å². The van der Waals surface area contributed by atoms with E-state index in [0.717, 1.165) is 5.75 Å². The molecule has 0 aromatic heterocycles. The van der Waals surface area contributed by atoms with E-state index in [4.69, 9.17) is 10.8 Å². The van der Waals surface area contributed by atoms with Crippen molar-refractivity contribution in [1.82, 2.24) is 0 Å². The van der Waals surface area contributed by atoms with Crippen molar-refractivity contribution in [2.75, 3.05) is 12.0 Å². The lowest BCUT2D eigenvalue weighted by Gasteiger charge is -2.02. The highest BCUT2D eigenvalue weighted by molar-refractivity contribution is 7.98. The Kier molecular flexibility index (Phi) is 9.60. The van der Waals surface area contributed by atoms with Crippen LogP contribution in [0.3, 0.4) is 0 Å². The van der Waals surface area contributed by atoms with Gasteiger partial charge in [-0.05, 0) is 18.4 Å². The number of rotatable bonds is 4. The van der Waals surface area contributed by atoms with Crippen molar-refractivity contribution in [1.29, 1.82) is 0 Å². The molecule has 0 rings (SSSR count). The lowest BCUT2D eigenvalue weighted by molar-refractivity contribution is -0.138. The summed E-state index contributed by atoms with van der Waals surface area (Å²) in [4.78, 5) is 10.1. The molecule has 0 heterocycles. The van der Waals surface area contributed by atoms with Gasteiger partial charge in [0, 0.05) is 0 Å². The molecule has 60 valence electrons. The van der Waals surface area contributed by atoms with Gasteiger partial charge in [-0.15, -0.1) is 0 Å². The van der Waals surface area contributed by atoms with Crippen LogP contribution in [0.2, 0.25) is 0 Å². The summed E-state index contributed by atoms with van der Waals surface area (Å²) in [5.74, 6) is -0.1000. The fourth-order valence-corrected chi connectivity index (χ4v) is 0.858. The van der Waals surface area contributed by atoms with Gasteiger partial charge in [-0.1, -0.05) is 0 Å². The molecule has 0 aliphatic heterocycles. The molecule has 3 nitrogen and oxygen atoms in total. The molecular formula is C5H14AlNO2S. The van der Waals surface area contributed by atoms with Gasteiger partial charge in [0.15, 0.2) is 17.4 Å². The number of hydrogen-bond acceptors (Lipinski definition) is 3. The topological polar surface area (TPSA) is 63.3 Å². The van der Waals surface area contributed by atoms with E-state index >= 15 is 0 Å². The van der Waals surface area contributed by atoms with E-state index in [2.05, 4.69) is 0 Å². The van der Waals surface area contributed by atoms with Crippen molar-refractivity contribution in [3.63, 3.8) is 0 Å². The van der Waals surface area contributed by atoms with E-state index in [1.54, 1.807) is 11.8 Å². The van der Waals surface area contributed by atoms with E-state index in [1.165, 1.54) is 0 Å². The number of nitrogens with two attached hydrogens (primary N) is 1. The summed E-state index contributed by atoms with van der Waals surface area (Å²) in [5, 5.41) is 8.27. The lowest BCUT2D eigenvalue weighted by atomic mass is 10.2. The summed E-state index contributed by atoms with van der Waals surface area (Å²) < 4.78 is 0. The van der Waals surface area contributed by atoms with Gasteiger partial charge in [-0.3, -0.25) is 4.79 Å². The van der Waals surface area contributed by atoms with Crippen molar-refractivity contribution in [2.45, 2.75) is 12.5 Å². The number of carbonyl (C=O) groups is 1. The van der Waals surface area contributed by atoms with Gasteiger partial charge >= 0.3 is 5.97 Å². The first-order chi connectivity index (χ1) is 4.18. The molecule has 0 spiro atoms. The molecule has 0 amide bonds. The Labute approximate surface area is 75.5 Å². The third-order valence-electron chi connectivity index (χ3n) is 0.950. The molecule has 0 aromatic carbocycles. The van der Waals surface area contributed by atoms with Crippen LogP contribution in [0.5, 0.6) is 0 Å². The number of thioether (sulfide) groups is 1. The maximum atomic E-state index is 10.1. The zero-order valence-electron chi connectivity index (χ0n) is 5.33. The average molecular weight is 179 g/mol. The quantitative estimate of drug-likeness (QED) is 0.541. The predicted molar refractivity (Wildman–Crippen MR) is 48.5 cm³/mol. The molecule has 1 atom stereocenters. The normalized spacial score (nSPS) is 11.8. The smallest absolute Gasteiger partial charge is 0.320 e. The predicted octanol–water partition coefficient (Wildman–Crippen LogP) is -1.03. The molecule has 0 aromatic rings. The van der Waals surface area contributed by atoms with Crippen molar-refractivity contribution < 1.29 is 9.90 Å². The average Bonchev–Trinajstić information content (AvgIpc) is 1.82. The minimum atomic E-state index is -0.913. The van der Waals surface area contributed by atoms with Crippen molar-refractivity contribution in [2.24, 2.45) is 5.73 Å². The second-order valence-corrected chi connectivity index (χ2v) is 2.71. The molecule has 0 fully saturated rings. The zero-order valence-corrected chi connectivity index (χ0v) is 6.15. The highest BCUT2D eigenvalue weighted by Crippen LogP contribution is 1.97. The van der Waals surface area contributed by atoms with E-state index < -0.39 is 12.0 Å². The highest BCUT2D eigenvalue weighted by atomic mass is 32.2. The van der Waals surface area contributed by atoms with Gasteiger partial charge < -0.3 is 10.8 Å². The Balaban J connectivity index is 0. The largest absolute Gasteiger partial charge is 0.480 e. The first kappa shape index (κ1) is 12.9. The minimum Gasteiger partial charge on any atom is -0.480 e. The Morgan fingerprint density at radius 1 is 1.80 bits per heavy atom. The number of carboxylic acids is 1. The van der Waals surface area contributed by atoms with Gasteiger partial charge in [0.25, 0.3) is 0 Å². The molecular weight excluding hydrogens is 165 g/mol. The molecule has 0 bridgehead atoms. The first-order valence-corrected chi connectivity index (χ1v) is 4.05. The number of carboxylic acid groups (broad SMARTS) is 1. The van der Waals surface area contributed by atoms with E-state index in [-0.39, 0.29) is 17.4 Å². The van der Waals surface area contributed by atoms with Crippen molar-refractivity contribution >= 4 is 35.1 Å². The zero-order chi connectivity index (χ0) is 7.28. The summed E-state index contributed by atoms with van der Waals surface area (Å²) in [6, 6.07) is -0.683. The molecule has 0 saturated carbocycles. The van der Waals surface area contributed by atoms with Crippen LogP contribution in [0.25, 0.3) is 0 Å². The third-order valence-corrected chi connectivity index (χ3v) is 1.59. The van der Waals surface area contributed by atoms with Crippen LogP contribution in [0, 0.1) is 0 Å². The Morgan fingerprint density at radius 2 is 2.30 bits per heavy atom. The van der Waals surface area contributed by atoms with E-state index in [9.17, 15) is 4.79 Å². The van der Waals surface area contributed by atoms with Gasteiger partial charge in [0.05, 0.1) is 0 Å². The Hall–Kier alpha value is 0.312. The molecule has 1 unspecified atom stereocenters. The molecule has 0 radical (unpaired) electrons. The van der Waals surface area contributed by atoms with Gasteiger partial charge in [0.2, 0.25) is 0 Å². The molecule has 5 heteroatoms. The number of aliphatic carboxylic acids is 1. The summed E-state index contributed by atoms with van der Waals surface area (Å²) >= 11 is 1.60. The molecule has 0 saturated heterocycles. The first-order valence-electron chi connectivity index (χ1n) is 2.65. The molecule has 0 aliphatic rings. The molecule has 10 heavy (non-hydrogen) atoms. The van der Waals surface area contributed by atoms with Crippen LogP contribution in [-0.2, 0) is 4.79 Å². The third kappa shape index (κ3) is 6.43. The van der Waals surface area contributed by atoms with Crippen LogP contribution in [0.4, 0.5) is 0 Å². The summed E-state index contributed by atoms with van der Waals surface area (Å²) in [6.07, 6.45) is 2.48. The van der Waals surface area contributed by atoms with E-state index in [1.807, 2.05) is 6.26 Å². The second kappa shape index (κ2) is 7.42. The Bertz CT molecular complexity index is 102. The fraction of sp³-hybridized carbons (Fsp3) is 0.800. The minimum absolute atomic E-state index is 0. The van der Waals surface area contributed by atoms with Gasteiger partial charge in [0.1, 0.15) is 6.04 Å². The summed E-state index contributed by atoms with van der Waals surface area (Å²) in [7, 11) is 0. The van der Waals surface area contributed by atoms with Gasteiger partial charge in [-0.25, -0.2) is 0 Å². The van der Waals surface area contributed by atoms with Crippen molar-refractivity contribution in [3.8, 4) is 0 Å². The molecule has 0 aliphatic carbocycles. The number of hydrogen-bond donors (Lipinski definition) is 2. The van der Waals surface area contributed by atoms with Crippen molar-refractivity contribution in [3.05, 3.63) is 0 Å². The standard InChI is InChI=1S/C5H11NO2S.Al.3H/c1-9-3-2-4(6)5(7)8;;;;/h4H,2-3,6H2,1H3,(H,7,8);;;;. The fourth-order valence-electron chi connectivity index (χ4n) is 0.368. The highest BCUT2D eigenvalue weighted by Gasteiger charge is 2.08. The monoisotopic (exact) mass is 179 g/mol. The van der Waals surface area contributed by atoms with Crippen LogP contribution in [0.15, 0.2) is 0 Å². The van der Waals surface area contributed by atoms with Crippen LogP contribution in [0.1, 0.15) is 6.42 Å². The van der Waals surface area contributed by atoms with Crippen LogP contribution >= 0.6 is 11.8 Å². The Morgan fingerprint density at radius 3 is 2.60 bits per heavy atom. The maximum absolute atomic E-state index is 10.1. The second-order valence-electron chi connectivity index (χ2n) is 1.73. The maximum Gasteiger partial charge on any atom is 0.320 e. The SMILES string of the molecule is CSCCC(N)C(=O)O.[AlH3].